The Balaban J connectivity index is 1.37. The number of hydrogen-bond acceptors (Lipinski definition) is 2. The van der Waals surface area contributed by atoms with Crippen LogP contribution in [0.1, 0.15) is 52.0 Å². The number of benzene rings is 4. The molecule has 0 radical (unpaired) electrons. The van der Waals surface area contributed by atoms with E-state index in [2.05, 4.69) is 154 Å². The monoisotopic (exact) mass is 612 g/mol. The van der Waals surface area contributed by atoms with Crippen molar-refractivity contribution < 1.29 is 0 Å². The van der Waals surface area contributed by atoms with Crippen LogP contribution in [0.3, 0.4) is 0 Å². The molecule has 2 N–H and O–H groups in total. The minimum Gasteiger partial charge on any atom is -0.405 e. The average molecular weight is 613 g/mol. The number of rotatable bonds is 9. The largest absolute Gasteiger partial charge is 0.405 e. The summed E-state index contributed by atoms with van der Waals surface area (Å²) >= 11 is 0. The Kier molecular flexibility index (Phi) is 7.84. The van der Waals surface area contributed by atoms with Crippen molar-refractivity contribution in [2.45, 2.75) is 46.5 Å². The van der Waals surface area contributed by atoms with Crippen LogP contribution in [0.15, 0.2) is 161 Å². The van der Waals surface area contributed by atoms with E-state index in [1.54, 1.807) is 6.20 Å². The topological polar surface area (TPSA) is 38.4 Å². The van der Waals surface area contributed by atoms with Crippen LogP contribution in [-0.4, -0.2) is 6.72 Å². The summed E-state index contributed by atoms with van der Waals surface area (Å²) < 4.78 is 0. The van der Waals surface area contributed by atoms with Crippen LogP contribution in [0.25, 0.3) is 39.0 Å². The zero-order chi connectivity index (χ0) is 32.8. The van der Waals surface area contributed by atoms with Gasteiger partial charge in [-0.1, -0.05) is 112 Å². The third-order valence-corrected chi connectivity index (χ3v) is 11.3. The summed E-state index contributed by atoms with van der Waals surface area (Å²) in [5.41, 5.74) is 22.4. The summed E-state index contributed by atoms with van der Waals surface area (Å²) in [4.78, 5) is 4.39. The average Bonchev–Trinajstić information content (AvgIpc) is 3.63. The van der Waals surface area contributed by atoms with Gasteiger partial charge in [-0.05, 0) is 147 Å². The van der Waals surface area contributed by atoms with Crippen molar-refractivity contribution in [1.82, 2.24) is 0 Å². The molecule has 0 saturated heterocycles. The van der Waals surface area contributed by atoms with Gasteiger partial charge in [0.1, 0.15) is 0 Å². The van der Waals surface area contributed by atoms with Crippen molar-refractivity contribution in [1.29, 1.82) is 0 Å². The molecule has 0 spiro atoms. The van der Waals surface area contributed by atoms with Crippen molar-refractivity contribution in [2.24, 2.45) is 27.5 Å². The molecule has 0 aliphatic heterocycles. The predicted octanol–water partition coefficient (Wildman–Crippen LogP) is 11.6. The molecule has 3 unspecified atom stereocenters. The summed E-state index contributed by atoms with van der Waals surface area (Å²) in [5, 5.41) is 0. The molecule has 7 rings (SSSR count). The van der Waals surface area contributed by atoms with Gasteiger partial charge in [-0.15, -0.1) is 0 Å². The summed E-state index contributed by atoms with van der Waals surface area (Å²) in [6, 6.07) is 37.4. The van der Waals surface area contributed by atoms with Crippen LogP contribution in [0.4, 0.5) is 0 Å². The van der Waals surface area contributed by atoms with Gasteiger partial charge >= 0.3 is 0 Å². The molecular formula is C45H44N2. The number of nitrogens with zero attached hydrogens (tertiary/aromatic N) is 1. The van der Waals surface area contributed by atoms with E-state index in [1.165, 1.54) is 73.2 Å². The molecule has 3 atom stereocenters. The van der Waals surface area contributed by atoms with Gasteiger partial charge in [0.25, 0.3) is 0 Å². The summed E-state index contributed by atoms with van der Waals surface area (Å²) in [6.07, 6.45) is 10.5. The molecule has 47 heavy (non-hydrogen) atoms. The molecular weight excluding hydrogens is 569 g/mol. The molecule has 2 nitrogen and oxygen atoms in total. The Morgan fingerprint density at radius 3 is 1.94 bits per heavy atom. The van der Waals surface area contributed by atoms with E-state index in [0.29, 0.717) is 5.92 Å². The molecule has 4 aromatic rings. The molecule has 0 aromatic heterocycles. The van der Waals surface area contributed by atoms with Crippen LogP contribution in [0.5, 0.6) is 0 Å². The molecule has 234 valence electrons. The fourth-order valence-corrected chi connectivity index (χ4v) is 8.76. The second kappa shape index (κ2) is 12.0. The second-order valence-corrected chi connectivity index (χ2v) is 13.8. The lowest BCUT2D eigenvalue weighted by atomic mass is 9.77. The molecule has 4 aromatic carbocycles. The van der Waals surface area contributed by atoms with E-state index < -0.39 is 0 Å². The van der Waals surface area contributed by atoms with Crippen LogP contribution in [-0.2, 0) is 0 Å². The first-order valence-electron chi connectivity index (χ1n) is 16.9. The van der Waals surface area contributed by atoms with Gasteiger partial charge < -0.3 is 5.73 Å². The maximum atomic E-state index is 6.20. The Labute approximate surface area is 280 Å². The van der Waals surface area contributed by atoms with Crippen LogP contribution < -0.4 is 5.73 Å². The zero-order valence-corrected chi connectivity index (χ0v) is 27.9. The lowest BCUT2D eigenvalue weighted by Crippen LogP contribution is -2.14. The first kappa shape index (κ1) is 30.7. The van der Waals surface area contributed by atoms with Crippen molar-refractivity contribution in [3.05, 3.63) is 162 Å². The lowest BCUT2D eigenvalue weighted by molar-refractivity contribution is 0.346. The highest BCUT2D eigenvalue weighted by Crippen LogP contribution is 2.80. The van der Waals surface area contributed by atoms with E-state index in [0.717, 1.165) is 25.0 Å². The second-order valence-electron chi connectivity index (χ2n) is 13.8. The highest BCUT2D eigenvalue weighted by molar-refractivity contribution is 5.85. The maximum Gasteiger partial charge on any atom is 0.0588 e. The van der Waals surface area contributed by atoms with Crippen molar-refractivity contribution >= 4 is 12.3 Å². The van der Waals surface area contributed by atoms with Crippen molar-refractivity contribution in [3.8, 4) is 33.4 Å². The van der Waals surface area contributed by atoms with Crippen LogP contribution >= 0.6 is 0 Å². The Bertz CT molecular complexity index is 1950. The Morgan fingerprint density at radius 1 is 0.809 bits per heavy atom. The van der Waals surface area contributed by atoms with Gasteiger partial charge in [-0.25, -0.2) is 0 Å². The quantitative estimate of drug-likeness (QED) is 0.188. The van der Waals surface area contributed by atoms with Crippen LogP contribution in [0, 0.1) is 16.7 Å². The molecule has 1 saturated carbocycles. The predicted molar refractivity (Wildman–Crippen MR) is 201 cm³/mol. The third kappa shape index (κ3) is 5.08. The number of allylic oxidation sites excluding steroid dienone is 7. The van der Waals surface area contributed by atoms with Gasteiger partial charge in [0.15, 0.2) is 0 Å². The highest BCUT2D eigenvalue weighted by atomic mass is 14.8. The van der Waals surface area contributed by atoms with E-state index >= 15 is 0 Å². The molecule has 2 heteroatoms. The summed E-state index contributed by atoms with van der Waals surface area (Å²) in [6.45, 7) is 15.5. The van der Waals surface area contributed by atoms with Gasteiger partial charge in [0, 0.05) is 5.41 Å². The summed E-state index contributed by atoms with van der Waals surface area (Å²) in [5.74, 6) is 0.425. The third-order valence-electron chi connectivity index (χ3n) is 11.3. The smallest absolute Gasteiger partial charge is 0.0588 e. The normalized spacial score (nSPS) is 23.6. The SMILES string of the molecule is C=NC(=C)C1=C(C2=CCCC(c3cccc(-c4cc(-c5ccccc5)cc(-c5ccccc5)c4)c3)=C2/C=C\N)C2(C)CC2(C)C1CC. The standard InChI is InChI=1S/C45H44N2/c1-6-41-42(30(2)47-5)43(45(4)29-44(41,45)3)40-22-14-21-38(39(40)23-24-46)34-20-13-19-33(25-34)37-27-35(31-15-9-7-10-16-31)26-36(28-37)32-17-11-8-12-18-32/h7-13,15-20,22-28,41H,2,5-6,14,21,29,46H2,1,3-4H3/b24-23-. The molecule has 1 fully saturated rings. The number of fused-ring (bicyclic) bond motifs is 1. The lowest BCUT2D eigenvalue weighted by Gasteiger charge is -2.27. The number of aliphatic imine (C=N–C) groups is 1. The fraction of sp³-hybridized carbons (Fsp3) is 0.222. The van der Waals surface area contributed by atoms with E-state index in [-0.39, 0.29) is 10.8 Å². The minimum atomic E-state index is 0.0895. The summed E-state index contributed by atoms with van der Waals surface area (Å²) in [7, 11) is 0. The van der Waals surface area contributed by atoms with Gasteiger partial charge in [0.05, 0.1) is 5.70 Å². The first-order chi connectivity index (χ1) is 22.8. The molecule has 3 aliphatic carbocycles. The highest BCUT2D eigenvalue weighted by Gasteiger charge is 2.71. The van der Waals surface area contributed by atoms with E-state index in [1.807, 2.05) is 0 Å². The molecule has 3 aliphatic rings. The Morgan fingerprint density at radius 2 is 1.36 bits per heavy atom. The Hall–Kier alpha value is -4.95. The van der Waals surface area contributed by atoms with Gasteiger partial charge in [0.2, 0.25) is 0 Å². The van der Waals surface area contributed by atoms with E-state index in [9.17, 15) is 0 Å². The minimum absolute atomic E-state index is 0.0895. The molecule has 0 heterocycles. The van der Waals surface area contributed by atoms with Crippen molar-refractivity contribution in [3.63, 3.8) is 0 Å². The van der Waals surface area contributed by atoms with Crippen molar-refractivity contribution in [2.75, 3.05) is 0 Å². The number of nitrogens with two attached hydrogens (primary N) is 1. The number of hydrogen-bond donors (Lipinski definition) is 1. The molecule has 0 amide bonds. The molecule has 0 bridgehead atoms. The maximum absolute atomic E-state index is 6.20. The van der Waals surface area contributed by atoms with Gasteiger partial charge in [-0.3, -0.25) is 4.99 Å². The zero-order valence-electron chi connectivity index (χ0n) is 27.9. The van der Waals surface area contributed by atoms with Crippen LogP contribution in [0.2, 0.25) is 0 Å². The fourth-order valence-electron chi connectivity index (χ4n) is 8.76. The van der Waals surface area contributed by atoms with Gasteiger partial charge in [-0.2, -0.15) is 0 Å². The first-order valence-corrected chi connectivity index (χ1v) is 16.9. The van der Waals surface area contributed by atoms with E-state index in [4.69, 9.17) is 5.73 Å².